The van der Waals surface area contributed by atoms with Gasteiger partial charge in [0.1, 0.15) is 5.76 Å². The van der Waals surface area contributed by atoms with Gasteiger partial charge >= 0.3 is 0 Å². The van der Waals surface area contributed by atoms with E-state index < -0.39 is 10.0 Å². The zero-order valence-corrected chi connectivity index (χ0v) is 13.4. The summed E-state index contributed by atoms with van der Waals surface area (Å²) < 4.78 is 38.5. The van der Waals surface area contributed by atoms with Crippen molar-refractivity contribution in [1.82, 2.24) is 4.72 Å². The average Bonchev–Trinajstić information content (AvgIpc) is 2.97. The van der Waals surface area contributed by atoms with E-state index in [2.05, 4.69) is 18.6 Å². The van der Waals surface area contributed by atoms with Crippen LogP contribution in [0.15, 0.2) is 21.6 Å². The van der Waals surface area contributed by atoms with Gasteiger partial charge in [-0.25, -0.2) is 13.1 Å². The van der Waals surface area contributed by atoms with Crippen molar-refractivity contribution in [1.29, 1.82) is 0 Å². The molecule has 0 aromatic carbocycles. The third-order valence-corrected chi connectivity index (χ3v) is 5.60. The Morgan fingerprint density at radius 3 is 2.67 bits per heavy atom. The first kappa shape index (κ1) is 16.5. The minimum Gasteiger partial charge on any atom is -0.447 e. The highest BCUT2D eigenvalue weighted by molar-refractivity contribution is 7.89. The van der Waals surface area contributed by atoms with E-state index in [4.69, 9.17) is 14.9 Å². The van der Waals surface area contributed by atoms with Crippen LogP contribution in [0.5, 0.6) is 0 Å². The summed E-state index contributed by atoms with van der Waals surface area (Å²) in [6.07, 6.45) is 3.11. The highest BCUT2D eigenvalue weighted by Gasteiger charge is 2.36. The van der Waals surface area contributed by atoms with Crippen LogP contribution in [0.3, 0.4) is 0 Å². The Morgan fingerprint density at radius 2 is 2.10 bits per heavy atom. The molecule has 1 aliphatic rings. The molecule has 1 fully saturated rings. The first-order valence-electron chi connectivity index (χ1n) is 7.40. The summed E-state index contributed by atoms with van der Waals surface area (Å²) in [5.74, 6) is 0.457. The molecule has 2 rings (SSSR count). The van der Waals surface area contributed by atoms with Gasteiger partial charge in [0.15, 0.2) is 0 Å². The molecule has 0 radical (unpaired) electrons. The smallest absolute Gasteiger partial charge is 0.274 e. The van der Waals surface area contributed by atoms with Gasteiger partial charge in [-0.15, -0.1) is 0 Å². The van der Waals surface area contributed by atoms with Gasteiger partial charge in [-0.2, -0.15) is 0 Å². The largest absolute Gasteiger partial charge is 0.447 e. The zero-order chi connectivity index (χ0) is 15.5. The number of furan rings is 1. The van der Waals surface area contributed by atoms with Crippen LogP contribution in [-0.2, 0) is 21.3 Å². The molecule has 1 aliphatic heterocycles. The maximum atomic E-state index is 12.3. The van der Waals surface area contributed by atoms with E-state index in [9.17, 15) is 8.42 Å². The SMILES string of the molecule is CCC1(CC)CC(NS(=O)(=O)c2ccc(CN)o2)CCO1. The Labute approximate surface area is 126 Å². The van der Waals surface area contributed by atoms with Crippen LogP contribution >= 0.6 is 0 Å². The number of hydrogen-bond acceptors (Lipinski definition) is 5. The highest BCUT2D eigenvalue weighted by atomic mass is 32.2. The fraction of sp³-hybridized carbons (Fsp3) is 0.714. The van der Waals surface area contributed by atoms with Crippen molar-refractivity contribution >= 4 is 10.0 Å². The Hall–Kier alpha value is -0.890. The maximum absolute atomic E-state index is 12.3. The van der Waals surface area contributed by atoms with E-state index in [-0.39, 0.29) is 23.3 Å². The van der Waals surface area contributed by atoms with Gasteiger partial charge in [-0.05, 0) is 37.8 Å². The topological polar surface area (TPSA) is 94.6 Å². The monoisotopic (exact) mass is 316 g/mol. The summed E-state index contributed by atoms with van der Waals surface area (Å²) in [5.41, 5.74) is 5.21. The predicted octanol–water partition coefficient (Wildman–Crippen LogP) is 1.75. The van der Waals surface area contributed by atoms with E-state index in [1.807, 2.05) is 0 Å². The lowest BCUT2D eigenvalue weighted by Crippen LogP contribution is -2.48. The summed E-state index contributed by atoms with van der Waals surface area (Å²) in [4.78, 5) is 0. The molecule has 1 saturated heterocycles. The summed E-state index contributed by atoms with van der Waals surface area (Å²) in [6, 6.07) is 2.90. The number of sulfonamides is 1. The van der Waals surface area contributed by atoms with Crippen molar-refractivity contribution in [2.24, 2.45) is 5.73 Å². The van der Waals surface area contributed by atoms with Gasteiger partial charge in [-0.3, -0.25) is 0 Å². The van der Waals surface area contributed by atoms with Crippen LogP contribution in [0.2, 0.25) is 0 Å². The van der Waals surface area contributed by atoms with Crippen molar-refractivity contribution in [3.63, 3.8) is 0 Å². The summed E-state index contributed by atoms with van der Waals surface area (Å²) in [6.45, 7) is 4.89. The van der Waals surface area contributed by atoms with Gasteiger partial charge in [0.25, 0.3) is 10.0 Å². The number of ether oxygens (including phenoxy) is 1. The Kier molecular flexibility index (Phi) is 5.08. The third kappa shape index (κ3) is 3.66. The molecule has 0 amide bonds. The fourth-order valence-corrected chi connectivity index (χ4v) is 3.98. The van der Waals surface area contributed by atoms with Crippen molar-refractivity contribution in [3.8, 4) is 0 Å². The van der Waals surface area contributed by atoms with E-state index >= 15 is 0 Å². The Morgan fingerprint density at radius 1 is 1.38 bits per heavy atom. The summed E-state index contributed by atoms with van der Waals surface area (Å²) in [7, 11) is -3.64. The van der Waals surface area contributed by atoms with E-state index in [1.54, 1.807) is 6.07 Å². The molecule has 1 unspecified atom stereocenters. The average molecular weight is 316 g/mol. The minimum absolute atomic E-state index is 0.0759. The number of nitrogens with one attached hydrogen (secondary N) is 1. The van der Waals surface area contributed by atoms with Crippen LogP contribution in [0.4, 0.5) is 0 Å². The minimum atomic E-state index is -3.64. The van der Waals surface area contributed by atoms with E-state index in [0.29, 0.717) is 25.2 Å². The van der Waals surface area contributed by atoms with Crippen molar-refractivity contribution < 1.29 is 17.6 Å². The zero-order valence-electron chi connectivity index (χ0n) is 12.6. The van der Waals surface area contributed by atoms with Crippen molar-refractivity contribution in [2.45, 2.75) is 62.8 Å². The van der Waals surface area contributed by atoms with Crippen LogP contribution in [0.1, 0.15) is 45.3 Å². The second-order valence-electron chi connectivity index (χ2n) is 5.47. The molecule has 6 nitrogen and oxygen atoms in total. The number of hydrogen-bond donors (Lipinski definition) is 2. The molecule has 0 spiro atoms. The van der Waals surface area contributed by atoms with Gasteiger partial charge < -0.3 is 14.9 Å². The molecule has 120 valence electrons. The number of nitrogens with two attached hydrogens (primary N) is 1. The lowest BCUT2D eigenvalue weighted by molar-refractivity contribution is -0.0905. The van der Waals surface area contributed by atoms with Crippen LogP contribution in [0.25, 0.3) is 0 Å². The van der Waals surface area contributed by atoms with Gasteiger partial charge in [0.05, 0.1) is 12.1 Å². The summed E-state index contributed by atoms with van der Waals surface area (Å²) >= 11 is 0. The van der Waals surface area contributed by atoms with Crippen LogP contribution < -0.4 is 10.5 Å². The molecule has 0 aliphatic carbocycles. The number of rotatable bonds is 6. The molecule has 1 aromatic rings. The molecule has 0 saturated carbocycles. The second-order valence-corrected chi connectivity index (χ2v) is 7.12. The van der Waals surface area contributed by atoms with Crippen LogP contribution in [0, 0.1) is 0 Å². The van der Waals surface area contributed by atoms with Crippen molar-refractivity contribution in [2.75, 3.05) is 6.61 Å². The first-order valence-corrected chi connectivity index (χ1v) is 8.88. The van der Waals surface area contributed by atoms with E-state index in [1.165, 1.54) is 6.07 Å². The summed E-state index contributed by atoms with van der Waals surface area (Å²) in [5, 5.41) is -0.0759. The van der Waals surface area contributed by atoms with Gasteiger partial charge in [0, 0.05) is 12.6 Å². The third-order valence-electron chi connectivity index (χ3n) is 4.21. The van der Waals surface area contributed by atoms with Gasteiger partial charge in [-0.1, -0.05) is 13.8 Å². The molecule has 3 N–H and O–H groups in total. The van der Waals surface area contributed by atoms with Crippen LogP contribution in [-0.4, -0.2) is 26.7 Å². The van der Waals surface area contributed by atoms with Gasteiger partial charge in [0.2, 0.25) is 5.09 Å². The Balaban J connectivity index is 2.09. The standard InChI is InChI=1S/C14H24N2O4S/c1-3-14(4-2)9-11(7-8-19-14)16-21(17,18)13-6-5-12(10-15)20-13/h5-6,11,16H,3-4,7-10,15H2,1-2H3. The molecule has 2 heterocycles. The predicted molar refractivity (Wildman–Crippen MR) is 79.2 cm³/mol. The first-order chi connectivity index (χ1) is 9.94. The molecule has 1 aromatic heterocycles. The lowest BCUT2D eigenvalue weighted by Gasteiger charge is -2.40. The second kappa shape index (κ2) is 6.48. The molecular formula is C14H24N2O4S. The maximum Gasteiger partial charge on any atom is 0.274 e. The van der Waals surface area contributed by atoms with Crippen molar-refractivity contribution in [3.05, 3.63) is 17.9 Å². The molecule has 0 bridgehead atoms. The fourth-order valence-electron chi connectivity index (χ4n) is 2.76. The molecular weight excluding hydrogens is 292 g/mol. The Bertz CT molecular complexity index is 563. The quantitative estimate of drug-likeness (QED) is 0.834. The van der Waals surface area contributed by atoms with E-state index in [0.717, 1.165) is 12.8 Å². The normalized spacial score (nSPS) is 22.3. The molecule has 7 heteroatoms. The molecule has 21 heavy (non-hydrogen) atoms. The molecule has 1 atom stereocenters. The lowest BCUT2D eigenvalue weighted by atomic mass is 9.86. The highest BCUT2D eigenvalue weighted by Crippen LogP contribution is 2.32.